The van der Waals surface area contributed by atoms with Crippen LogP contribution in [0.25, 0.3) is 0 Å². The number of carbonyl (C=O) groups is 1. The van der Waals surface area contributed by atoms with Crippen LogP contribution in [0.4, 0.5) is 4.79 Å². The van der Waals surface area contributed by atoms with E-state index in [0.29, 0.717) is 5.92 Å². The average molecular weight is 267 g/mol. The van der Waals surface area contributed by atoms with Crippen LogP contribution in [0.3, 0.4) is 0 Å². The van der Waals surface area contributed by atoms with E-state index in [1.807, 2.05) is 0 Å². The summed E-state index contributed by atoms with van der Waals surface area (Å²) >= 11 is 0. The van der Waals surface area contributed by atoms with Gasteiger partial charge in [-0.2, -0.15) is 0 Å². The predicted octanol–water partition coefficient (Wildman–Crippen LogP) is 2.85. The van der Waals surface area contributed by atoms with E-state index < -0.39 is 6.09 Å². The fourth-order valence-electron chi connectivity index (χ4n) is 5.00. The molecule has 0 aromatic heterocycles. The summed E-state index contributed by atoms with van der Waals surface area (Å²) in [6.07, 6.45) is 9.34. The van der Waals surface area contributed by atoms with Gasteiger partial charge in [-0.25, -0.2) is 4.79 Å². The highest BCUT2D eigenvalue weighted by Gasteiger charge is 2.52. The van der Waals surface area contributed by atoms with E-state index in [0.717, 1.165) is 25.7 Å². The molecule has 3 rings (SSSR count). The molecule has 3 aliphatic rings. The second-order valence-electron chi connectivity index (χ2n) is 6.84. The summed E-state index contributed by atoms with van der Waals surface area (Å²) in [5, 5.41) is 19.4. The van der Waals surface area contributed by atoms with Crippen LogP contribution >= 0.6 is 0 Å². The number of fused-ring (bicyclic) bond motifs is 2. The van der Waals surface area contributed by atoms with Gasteiger partial charge >= 0.3 is 6.09 Å². The number of hydrogen-bond acceptors (Lipinski definition) is 2. The number of amides is 1. The Labute approximate surface area is 114 Å². The third kappa shape index (κ3) is 2.14. The smallest absolute Gasteiger partial charge is 0.407 e. The summed E-state index contributed by atoms with van der Waals surface area (Å²) in [5.74, 6) is 0.616. The van der Waals surface area contributed by atoms with Gasteiger partial charge in [0.15, 0.2) is 0 Å². The SMILES string of the molecule is O=C(O)N1C2CCC1CC(CO)(C1CCCCC1)C2. The highest BCUT2D eigenvalue weighted by molar-refractivity contribution is 5.66. The van der Waals surface area contributed by atoms with Crippen LogP contribution in [0.1, 0.15) is 57.8 Å². The largest absolute Gasteiger partial charge is 0.465 e. The van der Waals surface area contributed by atoms with Crippen LogP contribution in [0.2, 0.25) is 0 Å². The Bertz CT molecular complexity index is 337. The summed E-state index contributed by atoms with van der Waals surface area (Å²) in [4.78, 5) is 13.0. The van der Waals surface area contributed by atoms with Crippen molar-refractivity contribution in [1.82, 2.24) is 4.90 Å². The number of aliphatic hydroxyl groups excluding tert-OH is 1. The van der Waals surface area contributed by atoms with Gasteiger partial charge in [-0.15, -0.1) is 0 Å². The molecule has 2 heterocycles. The minimum Gasteiger partial charge on any atom is -0.465 e. The molecule has 4 heteroatoms. The molecule has 2 aliphatic heterocycles. The zero-order valence-corrected chi connectivity index (χ0v) is 11.6. The van der Waals surface area contributed by atoms with Crippen molar-refractivity contribution in [3.05, 3.63) is 0 Å². The highest BCUT2D eigenvalue weighted by atomic mass is 16.4. The predicted molar refractivity (Wildman–Crippen MR) is 72.0 cm³/mol. The van der Waals surface area contributed by atoms with Crippen molar-refractivity contribution in [2.24, 2.45) is 11.3 Å². The topological polar surface area (TPSA) is 60.8 Å². The first-order chi connectivity index (χ1) is 9.16. The molecule has 0 radical (unpaired) electrons. The van der Waals surface area contributed by atoms with Gasteiger partial charge in [0.2, 0.25) is 0 Å². The molecule has 1 saturated carbocycles. The number of hydrogen-bond donors (Lipinski definition) is 2. The molecule has 19 heavy (non-hydrogen) atoms. The quantitative estimate of drug-likeness (QED) is 0.808. The van der Waals surface area contributed by atoms with E-state index in [-0.39, 0.29) is 24.1 Å². The van der Waals surface area contributed by atoms with E-state index in [4.69, 9.17) is 0 Å². The zero-order chi connectivity index (χ0) is 13.5. The van der Waals surface area contributed by atoms with Gasteiger partial charge in [-0.05, 0) is 44.4 Å². The van der Waals surface area contributed by atoms with Gasteiger partial charge in [-0.1, -0.05) is 19.3 Å². The second kappa shape index (κ2) is 4.97. The molecular formula is C15H25NO3. The Balaban J connectivity index is 1.80. The first-order valence-corrected chi connectivity index (χ1v) is 7.78. The normalized spacial score (nSPS) is 39.5. The lowest BCUT2D eigenvalue weighted by molar-refractivity contribution is -0.0408. The fourth-order valence-corrected chi connectivity index (χ4v) is 5.00. The van der Waals surface area contributed by atoms with Gasteiger partial charge in [-0.3, -0.25) is 0 Å². The molecule has 2 unspecified atom stereocenters. The number of rotatable bonds is 2. The molecule has 2 atom stereocenters. The van der Waals surface area contributed by atoms with Crippen LogP contribution in [0.5, 0.6) is 0 Å². The molecule has 108 valence electrons. The molecule has 0 aromatic rings. The number of carboxylic acid groups (broad SMARTS) is 1. The van der Waals surface area contributed by atoms with Gasteiger partial charge in [0.25, 0.3) is 0 Å². The Morgan fingerprint density at radius 3 is 2.11 bits per heavy atom. The van der Waals surface area contributed by atoms with Crippen LogP contribution in [0, 0.1) is 11.3 Å². The lowest BCUT2D eigenvalue weighted by atomic mass is 9.62. The summed E-state index contributed by atoms with van der Waals surface area (Å²) in [6.45, 7) is 0.248. The first-order valence-electron chi connectivity index (χ1n) is 7.78. The van der Waals surface area contributed by atoms with Crippen LogP contribution in [0.15, 0.2) is 0 Å². The monoisotopic (exact) mass is 267 g/mol. The standard InChI is InChI=1S/C15H25NO3/c17-10-15(11-4-2-1-3-5-11)8-12-6-7-13(9-15)16(12)14(18)19/h11-13,17H,1-10H2,(H,18,19). The maximum absolute atomic E-state index is 11.4. The lowest BCUT2D eigenvalue weighted by Gasteiger charge is -2.49. The first kappa shape index (κ1) is 13.2. The van der Waals surface area contributed by atoms with Crippen molar-refractivity contribution >= 4 is 6.09 Å². The molecule has 2 saturated heterocycles. The molecule has 2 bridgehead atoms. The number of nitrogens with zero attached hydrogens (tertiary/aromatic N) is 1. The molecule has 3 fully saturated rings. The van der Waals surface area contributed by atoms with Crippen LogP contribution in [-0.4, -0.2) is 39.9 Å². The number of aliphatic hydroxyl groups is 1. The van der Waals surface area contributed by atoms with Crippen molar-refractivity contribution in [1.29, 1.82) is 0 Å². The molecule has 0 spiro atoms. The van der Waals surface area contributed by atoms with Gasteiger partial charge in [0, 0.05) is 24.1 Å². The fraction of sp³-hybridized carbons (Fsp3) is 0.933. The van der Waals surface area contributed by atoms with E-state index in [1.165, 1.54) is 32.1 Å². The summed E-state index contributed by atoms with van der Waals surface area (Å²) < 4.78 is 0. The highest BCUT2D eigenvalue weighted by Crippen LogP contribution is 2.52. The average Bonchev–Trinajstić information content (AvgIpc) is 2.72. The molecule has 0 aromatic carbocycles. The lowest BCUT2D eigenvalue weighted by Crippen LogP contribution is -2.53. The van der Waals surface area contributed by atoms with E-state index >= 15 is 0 Å². The van der Waals surface area contributed by atoms with Crippen molar-refractivity contribution in [2.45, 2.75) is 69.9 Å². The van der Waals surface area contributed by atoms with E-state index in [9.17, 15) is 15.0 Å². The van der Waals surface area contributed by atoms with Crippen molar-refractivity contribution in [3.63, 3.8) is 0 Å². The van der Waals surface area contributed by atoms with Crippen molar-refractivity contribution in [3.8, 4) is 0 Å². The van der Waals surface area contributed by atoms with E-state index in [2.05, 4.69) is 0 Å². The summed E-state index contributed by atoms with van der Waals surface area (Å²) in [5.41, 5.74) is 0.0121. The summed E-state index contributed by atoms with van der Waals surface area (Å²) in [7, 11) is 0. The molecule has 2 N–H and O–H groups in total. The molecule has 1 aliphatic carbocycles. The molecule has 1 amide bonds. The second-order valence-corrected chi connectivity index (χ2v) is 6.84. The maximum Gasteiger partial charge on any atom is 0.407 e. The minimum atomic E-state index is -0.761. The Hall–Kier alpha value is -0.770. The van der Waals surface area contributed by atoms with Gasteiger partial charge < -0.3 is 15.1 Å². The third-order valence-corrected chi connectivity index (χ3v) is 5.91. The Kier molecular flexibility index (Phi) is 3.46. The Morgan fingerprint density at radius 1 is 1.05 bits per heavy atom. The van der Waals surface area contributed by atoms with Crippen molar-refractivity contribution in [2.75, 3.05) is 6.61 Å². The molecule has 4 nitrogen and oxygen atoms in total. The maximum atomic E-state index is 11.4. The van der Waals surface area contributed by atoms with Crippen molar-refractivity contribution < 1.29 is 15.0 Å². The molecular weight excluding hydrogens is 242 g/mol. The zero-order valence-electron chi connectivity index (χ0n) is 11.6. The van der Waals surface area contributed by atoms with Gasteiger partial charge in [0.1, 0.15) is 0 Å². The minimum absolute atomic E-state index is 0.0121. The van der Waals surface area contributed by atoms with Crippen LogP contribution < -0.4 is 0 Å². The Morgan fingerprint density at radius 2 is 1.63 bits per heavy atom. The third-order valence-electron chi connectivity index (χ3n) is 5.91. The van der Waals surface area contributed by atoms with Gasteiger partial charge in [0.05, 0.1) is 0 Å². The summed E-state index contributed by atoms with van der Waals surface area (Å²) in [6, 6.07) is 0.315. The number of piperidine rings is 1. The van der Waals surface area contributed by atoms with E-state index in [1.54, 1.807) is 4.90 Å². The van der Waals surface area contributed by atoms with Crippen LogP contribution in [-0.2, 0) is 0 Å².